The number of hydrogen-bond donors (Lipinski definition) is 1. The van der Waals surface area contributed by atoms with Crippen molar-refractivity contribution in [3.8, 4) is 17.0 Å². The van der Waals surface area contributed by atoms with Crippen LogP contribution in [0.15, 0.2) is 53.4 Å². The number of aromatic nitrogens is 1. The second kappa shape index (κ2) is 8.94. The van der Waals surface area contributed by atoms with Crippen molar-refractivity contribution >= 4 is 43.8 Å². The Bertz CT molecular complexity index is 1110. The molecule has 0 spiro atoms. The number of nitrogens with one attached hydrogen (secondary N) is 1. The fourth-order valence-electron chi connectivity index (χ4n) is 2.67. The van der Waals surface area contributed by atoms with Gasteiger partial charge in [-0.15, -0.1) is 11.3 Å². The number of methoxy groups -OCH3 is 1. The second-order valence-corrected chi connectivity index (χ2v) is 9.64. The molecule has 0 atom stereocenters. The molecule has 0 aliphatic heterocycles. The molecule has 1 aromatic heterocycles. The zero-order valence-corrected chi connectivity index (χ0v) is 18.2. The molecular formula is C20H19ClN2O4S2. The first-order valence-corrected chi connectivity index (χ1v) is 11.6. The van der Waals surface area contributed by atoms with Crippen molar-refractivity contribution in [1.82, 2.24) is 4.98 Å². The summed E-state index contributed by atoms with van der Waals surface area (Å²) in [5, 5.41) is 3.40. The Morgan fingerprint density at radius 2 is 1.79 bits per heavy atom. The van der Waals surface area contributed by atoms with Gasteiger partial charge in [-0.25, -0.2) is 13.4 Å². The summed E-state index contributed by atoms with van der Waals surface area (Å²) in [5.74, 6) is -0.575. The number of aryl methyl sites for hydroxylation is 1. The Kier molecular flexibility index (Phi) is 6.56. The molecule has 0 aliphatic carbocycles. The maximum atomic E-state index is 12.4. The number of ether oxygens (including phenoxy) is 1. The van der Waals surface area contributed by atoms with Crippen LogP contribution in [0.1, 0.15) is 11.8 Å². The predicted octanol–water partition coefficient (Wildman–Crippen LogP) is 4.45. The van der Waals surface area contributed by atoms with Crippen LogP contribution in [0.25, 0.3) is 11.3 Å². The number of hydrogen-bond acceptors (Lipinski definition) is 6. The third-order valence-corrected chi connectivity index (χ3v) is 7.12. The van der Waals surface area contributed by atoms with E-state index in [1.54, 1.807) is 7.11 Å². The maximum Gasteiger partial charge on any atom is 0.241 e. The third-order valence-electron chi connectivity index (χ3n) is 4.12. The van der Waals surface area contributed by atoms with Crippen LogP contribution in [-0.4, -0.2) is 32.2 Å². The summed E-state index contributed by atoms with van der Waals surface area (Å²) in [6.45, 7) is 2.00. The molecule has 9 heteroatoms. The van der Waals surface area contributed by atoms with Gasteiger partial charge in [0.15, 0.2) is 15.0 Å². The molecule has 1 amide bonds. The molecule has 2 aromatic carbocycles. The quantitative estimate of drug-likeness (QED) is 0.574. The van der Waals surface area contributed by atoms with Crippen LogP contribution in [0.2, 0.25) is 5.02 Å². The van der Waals surface area contributed by atoms with Crippen molar-refractivity contribution in [1.29, 1.82) is 0 Å². The predicted molar refractivity (Wildman–Crippen MR) is 116 cm³/mol. The summed E-state index contributed by atoms with van der Waals surface area (Å²) in [6, 6.07) is 13.2. The molecule has 3 rings (SSSR count). The Hall–Kier alpha value is -2.42. The molecular weight excluding hydrogens is 432 g/mol. The van der Waals surface area contributed by atoms with Crippen LogP contribution >= 0.6 is 22.9 Å². The normalized spacial score (nSPS) is 11.3. The monoisotopic (exact) mass is 450 g/mol. The number of nitrogens with zero attached hydrogens (tertiary/aromatic N) is 1. The first-order chi connectivity index (χ1) is 13.8. The largest absolute Gasteiger partial charge is 0.497 e. The highest BCUT2D eigenvalue weighted by Crippen LogP contribution is 2.32. The van der Waals surface area contributed by atoms with Crippen LogP contribution in [-0.2, 0) is 21.1 Å². The van der Waals surface area contributed by atoms with Gasteiger partial charge < -0.3 is 10.1 Å². The van der Waals surface area contributed by atoms with Crippen LogP contribution in [0.5, 0.6) is 5.75 Å². The number of thiazole rings is 1. The van der Waals surface area contributed by atoms with Crippen LogP contribution < -0.4 is 10.1 Å². The average Bonchev–Trinajstić information content (AvgIpc) is 3.10. The first-order valence-electron chi connectivity index (χ1n) is 8.74. The number of halogens is 1. The van der Waals surface area contributed by atoms with E-state index in [1.807, 2.05) is 31.2 Å². The van der Waals surface area contributed by atoms with E-state index in [2.05, 4.69) is 10.3 Å². The van der Waals surface area contributed by atoms with Gasteiger partial charge in [-0.05, 0) is 55.0 Å². The van der Waals surface area contributed by atoms with E-state index >= 15 is 0 Å². The van der Waals surface area contributed by atoms with E-state index in [0.29, 0.717) is 10.2 Å². The topological polar surface area (TPSA) is 85.4 Å². The molecule has 1 heterocycles. The summed E-state index contributed by atoms with van der Waals surface area (Å²) >= 11 is 7.11. The lowest BCUT2D eigenvalue weighted by atomic mass is 10.1. The van der Waals surface area contributed by atoms with Gasteiger partial charge in [0.05, 0.1) is 17.7 Å². The molecule has 3 aromatic rings. The van der Waals surface area contributed by atoms with Gasteiger partial charge in [-0.3, -0.25) is 4.79 Å². The first kappa shape index (κ1) is 21.3. The van der Waals surface area contributed by atoms with Gasteiger partial charge in [-0.2, -0.15) is 0 Å². The number of carbonyl (C=O) groups excluding carboxylic acids is 1. The number of carbonyl (C=O) groups is 1. The molecule has 0 bridgehead atoms. The summed E-state index contributed by atoms with van der Waals surface area (Å²) in [4.78, 5) is 17.9. The van der Waals surface area contributed by atoms with Gasteiger partial charge in [0.2, 0.25) is 5.91 Å². The van der Waals surface area contributed by atoms with Gasteiger partial charge >= 0.3 is 0 Å². The van der Waals surface area contributed by atoms with E-state index in [0.717, 1.165) is 28.3 Å². The van der Waals surface area contributed by atoms with E-state index in [1.165, 1.54) is 35.6 Å². The third kappa shape index (κ3) is 5.14. The average molecular weight is 451 g/mol. The van der Waals surface area contributed by atoms with Crippen molar-refractivity contribution in [3.05, 3.63) is 58.4 Å². The standard InChI is InChI=1S/C20H19ClN2O4S2/c1-3-17-19(13-4-8-15(27-2)9-5-13)23-20(28-17)22-18(24)12-29(25,26)16-10-6-14(21)7-11-16/h4-11H,3,12H2,1-2H3,(H,22,23,24). The molecule has 0 aliphatic rings. The lowest BCUT2D eigenvalue weighted by Crippen LogP contribution is -2.22. The SMILES string of the molecule is CCc1sc(NC(=O)CS(=O)(=O)c2ccc(Cl)cc2)nc1-c1ccc(OC)cc1. The van der Waals surface area contributed by atoms with Gasteiger partial charge in [0, 0.05) is 15.5 Å². The molecule has 0 saturated carbocycles. The van der Waals surface area contributed by atoms with Gasteiger partial charge in [0.25, 0.3) is 0 Å². The Labute approximate surface area is 178 Å². The molecule has 0 fully saturated rings. The summed E-state index contributed by atoms with van der Waals surface area (Å²) in [6.07, 6.45) is 0.734. The highest BCUT2D eigenvalue weighted by molar-refractivity contribution is 7.92. The minimum atomic E-state index is -3.77. The van der Waals surface area contributed by atoms with E-state index in [4.69, 9.17) is 16.3 Å². The number of anilines is 1. The number of sulfone groups is 1. The molecule has 6 nitrogen and oxygen atoms in total. The Balaban J connectivity index is 1.76. The summed E-state index contributed by atoms with van der Waals surface area (Å²) in [7, 11) is -2.17. The smallest absolute Gasteiger partial charge is 0.241 e. The lowest BCUT2D eigenvalue weighted by Gasteiger charge is -2.04. The van der Waals surface area contributed by atoms with Crippen LogP contribution in [0, 0.1) is 0 Å². The fraction of sp³-hybridized carbons (Fsp3) is 0.200. The van der Waals surface area contributed by atoms with Crippen molar-refractivity contribution < 1.29 is 17.9 Å². The maximum absolute atomic E-state index is 12.4. The number of amides is 1. The molecule has 29 heavy (non-hydrogen) atoms. The molecule has 0 unspecified atom stereocenters. The highest BCUT2D eigenvalue weighted by Gasteiger charge is 2.21. The van der Waals surface area contributed by atoms with Crippen LogP contribution in [0.3, 0.4) is 0 Å². The minimum Gasteiger partial charge on any atom is -0.497 e. The summed E-state index contributed by atoms with van der Waals surface area (Å²) < 4.78 is 30.0. The number of benzene rings is 2. The van der Waals surface area contributed by atoms with Crippen LogP contribution in [0.4, 0.5) is 5.13 Å². The summed E-state index contributed by atoms with van der Waals surface area (Å²) in [5.41, 5.74) is 1.66. The zero-order valence-electron chi connectivity index (χ0n) is 15.8. The zero-order chi connectivity index (χ0) is 21.0. The Morgan fingerprint density at radius 1 is 1.14 bits per heavy atom. The second-order valence-electron chi connectivity index (χ2n) is 6.13. The van der Waals surface area contributed by atoms with Gasteiger partial charge in [0.1, 0.15) is 11.5 Å². The van der Waals surface area contributed by atoms with Crippen molar-refractivity contribution in [2.24, 2.45) is 0 Å². The molecule has 0 saturated heterocycles. The lowest BCUT2D eigenvalue weighted by molar-refractivity contribution is -0.113. The van der Waals surface area contributed by atoms with Crippen molar-refractivity contribution in [3.63, 3.8) is 0 Å². The highest BCUT2D eigenvalue weighted by atomic mass is 35.5. The van der Waals surface area contributed by atoms with E-state index in [9.17, 15) is 13.2 Å². The molecule has 152 valence electrons. The Morgan fingerprint density at radius 3 is 2.38 bits per heavy atom. The molecule has 0 radical (unpaired) electrons. The van der Waals surface area contributed by atoms with E-state index in [-0.39, 0.29) is 4.90 Å². The van der Waals surface area contributed by atoms with Gasteiger partial charge in [-0.1, -0.05) is 18.5 Å². The molecule has 1 N–H and O–H groups in total. The fourth-order valence-corrected chi connectivity index (χ4v) is 4.87. The van der Waals surface area contributed by atoms with Crippen molar-refractivity contribution in [2.45, 2.75) is 18.2 Å². The van der Waals surface area contributed by atoms with Crippen molar-refractivity contribution in [2.75, 3.05) is 18.2 Å². The number of rotatable bonds is 7. The van der Waals surface area contributed by atoms with E-state index < -0.39 is 21.5 Å². The minimum absolute atomic E-state index is 0.0457.